The summed E-state index contributed by atoms with van der Waals surface area (Å²) in [4.78, 5) is 0.501. The van der Waals surface area contributed by atoms with E-state index in [1.807, 2.05) is 0 Å². The molecule has 0 amide bonds. The van der Waals surface area contributed by atoms with Crippen molar-refractivity contribution >= 4 is 33.1 Å². The van der Waals surface area contributed by atoms with Crippen LogP contribution >= 0.6 is 28.1 Å². The number of ether oxygens (including phenoxy) is 1. The number of nitrogens with two attached hydrogens (primary N) is 1. The summed E-state index contributed by atoms with van der Waals surface area (Å²) in [5, 5.41) is 0. The Labute approximate surface area is 113 Å². The number of rotatable bonds is 5. The summed E-state index contributed by atoms with van der Waals surface area (Å²) in [6.45, 7) is 0.470. The first-order valence-electron chi connectivity index (χ1n) is 5.37. The molecule has 1 fully saturated rings. The monoisotopic (exact) mass is 317 g/mol. The second kappa shape index (κ2) is 4.90. The standard InChI is InChI=1S/C12H13BrFNOS/c13-8-1-2-9(14)10(5-8)16-7-12(3-4-12)6-11(15)17/h1-2,5H,3-4,6-7H2,(H2,15,17). The second-order valence-corrected chi connectivity index (χ2v) is 5.95. The van der Waals surface area contributed by atoms with Gasteiger partial charge in [0.05, 0.1) is 11.6 Å². The van der Waals surface area contributed by atoms with Crippen molar-refractivity contribution in [3.8, 4) is 5.75 Å². The van der Waals surface area contributed by atoms with Gasteiger partial charge >= 0.3 is 0 Å². The smallest absolute Gasteiger partial charge is 0.165 e. The number of halogens is 2. The molecule has 1 aromatic carbocycles. The van der Waals surface area contributed by atoms with E-state index in [2.05, 4.69) is 15.9 Å². The van der Waals surface area contributed by atoms with Gasteiger partial charge in [0, 0.05) is 16.3 Å². The molecule has 0 radical (unpaired) electrons. The SMILES string of the molecule is NC(=S)CC1(COc2cc(Br)ccc2F)CC1. The summed E-state index contributed by atoms with van der Waals surface area (Å²) < 4.78 is 19.8. The van der Waals surface area contributed by atoms with Crippen LogP contribution in [0.5, 0.6) is 5.75 Å². The molecule has 2 nitrogen and oxygen atoms in total. The molecule has 2 rings (SSSR count). The first-order chi connectivity index (χ1) is 8.01. The zero-order valence-corrected chi connectivity index (χ0v) is 11.6. The highest BCUT2D eigenvalue weighted by Gasteiger charge is 2.44. The molecule has 0 saturated heterocycles. The maximum atomic E-state index is 13.4. The molecule has 0 spiro atoms. The van der Waals surface area contributed by atoms with Gasteiger partial charge in [-0.3, -0.25) is 0 Å². The summed E-state index contributed by atoms with van der Waals surface area (Å²) in [5.41, 5.74) is 5.58. The highest BCUT2D eigenvalue weighted by Crippen LogP contribution is 2.49. The molecule has 2 N–H and O–H groups in total. The molecule has 5 heteroatoms. The van der Waals surface area contributed by atoms with Gasteiger partial charge in [-0.05, 0) is 31.0 Å². The predicted molar refractivity (Wildman–Crippen MR) is 72.7 cm³/mol. The Morgan fingerprint density at radius 2 is 2.24 bits per heavy atom. The van der Waals surface area contributed by atoms with Crippen LogP contribution in [0.3, 0.4) is 0 Å². The molecule has 0 atom stereocenters. The van der Waals surface area contributed by atoms with E-state index in [9.17, 15) is 4.39 Å². The Bertz CT molecular complexity index is 448. The number of benzene rings is 1. The highest BCUT2D eigenvalue weighted by atomic mass is 79.9. The zero-order valence-electron chi connectivity index (χ0n) is 9.21. The lowest BCUT2D eigenvalue weighted by Crippen LogP contribution is -2.21. The van der Waals surface area contributed by atoms with Gasteiger partial charge in [0.15, 0.2) is 11.6 Å². The maximum Gasteiger partial charge on any atom is 0.165 e. The molecule has 92 valence electrons. The number of hydrogen-bond acceptors (Lipinski definition) is 2. The topological polar surface area (TPSA) is 35.2 Å². The molecule has 0 aromatic heterocycles. The van der Waals surface area contributed by atoms with Crippen LogP contribution in [0.25, 0.3) is 0 Å². The second-order valence-electron chi connectivity index (χ2n) is 4.51. The summed E-state index contributed by atoms with van der Waals surface area (Å²) in [6.07, 6.45) is 2.76. The van der Waals surface area contributed by atoms with Gasteiger partial charge in [-0.1, -0.05) is 28.1 Å². The lowest BCUT2D eigenvalue weighted by atomic mass is 10.0. The van der Waals surface area contributed by atoms with Crippen molar-refractivity contribution in [2.24, 2.45) is 11.1 Å². The van der Waals surface area contributed by atoms with E-state index in [1.54, 1.807) is 12.1 Å². The Balaban J connectivity index is 1.98. The third-order valence-electron chi connectivity index (χ3n) is 2.93. The Hall–Kier alpha value is -0.680. The Morgan fingerprint density at radius 3 is 2.82 bits per heavy atom. The first-order valence-corrected chi connectivity index (χ1v) is 6.57. The van der Waals surface area contributed by atoms with Gasteiger partial charge in [0.1, 0.15) is 0 Å². The van der Waals surface area contributed by atoms with Crippen molar-refractivity contribution in [1.29, 1.82) is 0 Å². The van der Waals surface area contributed by atoms with Crippen LogP contribution in [-0.4, -0.2) is 11.6 Å². The molecule has 1 saturated carbocycles. The normalized spacial score (nSPS) is 16.6. The van der Waals surface area contributed by atoms with Gasteiger partial charge < -0.3 is 10.5 Å². The maximum absolute atomic E-state index is 13.4. The van der Waals surface area contributed by atoms with Crippen LogP contribution in [0.1, 0.15) is 19.3 Å². The lowest BCUT2D eigenvalue weighted by molar-refractivity contribution is 0.229. The van der Waals surface area contributed by atoms with E-state index in [4.69, 9.17) is 22.7 Å². The molecule has 17 heavy (non-hydrogen) atoms. The summed E-state index contributed by atoms with van der Waals surface area (Å²) in [7, 11) is 0. The van der Waals surface area contributed by atoms with E-state index < -0.39 is 0 Å². The third kappa shape index (κ3) is 3.39. The van der Waals surface area contributed by atoms with Crippen LogP contribution in [0.2, 0.25) is 0 Å². The van der Waals surface area contributed by atoms with Gasteiger partial charge in [-0.25, -0.2) is 4.39 Å². The van der Waals surface area contributed by atoms with E-state index in [0.29, 0.717) is 18.0 Å². The summed E-state index contributed by atoms with van der Waals surface area (Å²) in [6, 6.07) is 4.66. The Morgan fingerprint density at radius 1 is 1.53 bits per heavy atom. The molecule has 0 aliphatic heterocycles. The molecule has 1 aromatic rings. The van der Waals surface area contributed by atoms with Gasteiger partial charge in [-0.15, -0.1) is 0 Å². The largest absolute Gasteiger partial charge is 0.490 e. The lowest BCUT2D eigenvalue weighted by Gasteiger charge is -2.15. The van der Waals surface area contributed by atoms with E-state index >= 15 is 0 Å². The van der Waals surface area contributed by atoms with Crippen LogP contribution in [0, 0.1) is 11.2 Å². The molecule has 0 unspecified atom stereocenters. The molecular weight excluding hydrogens is 305 g/mol. The summed E-state index contributed by atoms with van der Waals surface area (Å²) in [5.74, 6) is -0.0760. The third-order valence-corrected chi connectivity index (χ3v) is 3.57. The van der Waals surface area contributed by atoms with Crippen molar-refractivity contribution < 1.29 is 9.13 Å². The fraction of sp³-hybridized carbons (Fsp3) is 0.417. The van der Waals surface area contributed by atoms with Crippen LogP contribution in [-0.2, 0) is 0 Å². The average Bonchev–Trinajstić information content (AvgIpc) is 2.99. The minimum absolute atomic E-state index is 0.0423. The van der Waals surface area contributed by atoms with E-state index in [0.717, 1.165) is 17.3 Å². The van der Waals surface area contributed by atoms with Gasteiger partial charge in [0.2, 0.25) is 0 Å². The fourth-order valence-electron chi connectivity index (χ4n) is 1.74. The quantitative estimate of drug-likeness (QED) is 0.845. The fourth-order valence-corrected chi connectivity index (χ4v) is 2.38. The minimum atomic E-state index is -0.348. The van der Waals surface area contributed by atoms with Crippen LogP contribution < -0.4 is 10.5 Å². The molecule has 1 aliphatic carbocycles. The van der Waals surface area contributed by atoms with Crippen molar-refractivity contribution in [2.45, 2.75) is 19.3 Å². The van der Waals surface area contributed by atoms with Gasteiger partial charge in [-0.2, -0.15) is 0 Å². The van der Waals surface area contributed by atoms with Gasteiger partial charge in [0.25, 0.3) is 0 Å². The average molecular weight is 318 g/mol. The minimum Gasteiger partial charge on any atom is -0.490 e. The molecule has 0 bridgehead atoms. The van der Waals surface area contributed by atoms with E-state index in [1.165, 1.54) is 6.07 Å². The highest BCUT2D eigenvalue weighted by molar-refractivity contribution is 9.10. The van der Waals surface area contributed by atoms with Crippen molar-refractivity contribution in [2.75, 3.05) is 6.61 Å². The zero-order chi connectivity index (χ0) is 12.5. The van der Waals surface area contributed by atoms with Crippen molar-refractivity contribution in [3.63, 3.8) is 0 Å². The molecule has 1 aliphatic rings. The molecule has 0 heterocycles. The predicted octanol–water partition coefficient (Wildman–Crippen LogP) is 3.42. The Kier molecular flexibility index (Phi) is 3.68. The van der Waals surface area contributed by atoms with E-state index in [-0.39, 0.29) is 17.0 Å². The van der Waals surface area contributed by atoms with Crippen molar-refractivity contribution in [1.82, 2.24) is 0 Å². The first kappa shape index (κ1) is 12.8. The molecular formula is C12H13BrFNOS. The number of hydrogen-bond donors (Lipinski definition) is 1. The number of thiocarbonyl (C=S) groups is 1. The van der Waals surface area contributed by atoms with Crippen LogP contribution in [0.4, 0.5) is 4.39 Å². The van der Waals surface area contributed by atoms with Crippen molar-refractivity contribution in [3.05, 3.63) is 28.5 Å². The van der Waals surface area contributed by atoms with Crippen LogP contribution in [0.15, 0.2) is 22.7 Å². The summed E-state index contributed by atoms with van der Waals surface area (Å²) >= 11 is 8.19.